The fourth-order valence-corrected chi connectivity index (χ4v) is 3.79. The number of Topliss-reactive ketones (excluding diaryl/α,β-unsaturated/α-hetero) is 1. The molecule has 158 valence electrons. The lowest BCUT2D eigenvalue weighted by Crippen LogP contribution is -2.28. The third-order valence-corrected chi connectivity index (χ3v) is 5.76. The van der Waals surface area contributed by atoms with Gasteiger partial charge in [0.25, 0.3) is 0 Å². The van der Waals surface area contributed by atoms with E-state index in [1.54, 1.807) is 16.7 Å². The van der Waals surface area contributed by atoms with Gasteiger partial charge in [-0.05, 0) is 42.8 Å². The van der Waals surface area contributed by atoms with Crippen LogP contribution in [0.3, 0.4) is 0 Å². The average molecular weight is 430 g/mol. The topological polar surface area (TPSA) is 104 Å². The molecule has 30 heavy (non-hydrogen) atoms. The number of imidazole rings is 1. The number of ketones is 1. The molecule has 2 aromatic carbocycles. The third-order valence-electron chi connectivity index (χ3n) is 4.63. The normalized spacial score (nSPS) is 11.5. The highest BCUT2D eigenvalue weighted by Gasteiger charge is 2.17. The van der Waals surface area contributed by atoms with Crippen molar-refractivity contribution in [3.8, 4) is 0 Å². The summed E-state index contributed by atoms with van der Waals surface area (Å²) in [5, 5.41) is 0. The molecule has 0 aliphatic heterocycles. The van der Waals surface area contributed by atoms with E-state index >= 15 is 0 Å². The molecule has 1 aromatic heterocycles. The summed E-state index contributed by atoms with van der Waals surface area (Å²) in [7, 11) is -3.36. The summed E-state index contributed by atoms with van der Waals surface area (Å²) in [6.45, 7) is 1.68. The number of esters is 1. The molecule has 0 saturated heterocycles. The van der Waals surface area contributed by atoms with Crippen LogP contribution in [0.5, 0.6) is 0 Å². The Hall–Kier alpha value is -3.20. The Balaban J connectivity index is 1.70. The van der Waals surface area contributed by atoms with Crippen LogP contribution >= 0.6 is 0 Å². The number of sulfone groups is 1. The summed E-state index contributed by atoms with van der Waals surface area (Å²) >= 11 is 0. The highest BCUT2D eigenvalue weighted by molar-refractivity contribution is 7.90. The smallest absolute Gasteiger partial charge is 0.329 e. The van der Waals surface area contributed by atoms with E-state index in [-0.39, 0.29) is 22.7 Å². The first-order chi connectivity index (χ1) is 14.2. The maximum atomic E-state index is 12.7. The van der Waals surface area contributed by atoms with Gasteiger partial charge in [0.15, 0.2) is 22.2 Å². The van der Waals surface area contributed by atoms with Crippen LogP contribution in [0.2, 0.25) is 0 Å². The van der Waals surface area contributed by atoms with E-state index in [9.17, 15) is 22.8 Å². The molecule has 3 rings (SSSR count). The Morgan fingerprint density at radius 3 is 2.13 bits per heavy atom. The largest absolute Gasteiger partial charge is 0.456 e. The van der Waals surface area contributed by atoms with Crippen LogP contribution in [-0.2, 0) is 32.5 Å². The second kappa shape index (κ2) is 8.66. The Kier molecular flexibility index (Phi) is 6.21. The van der Waals surface area contributed by atoms with Crippen molar-refractivity contribution in [2.75, 3.05) is 12.9 Å². The molecule has 8 nitrogen and oxygen atoms in total. The van der Waals surface area contributed by atoms with E-state index in [0.29, 0.717) is 12.1 Å². The maximum absolute atomic E-state index is 12.7. The summed E-state index contributed by atoms with van der Waals surface area (Å²) in [5.41, 5.74) is 1.28. The van der Waals surface area contributed by atoms with E-state index in [1.165, 1.54) is 28.8 Å². The minimum Gasteiger partial charge on any atom is -0.456 e. The molecule has 0 fully saturated rings. The molecular weight excluding hydrogens is 408 g/mol. The second-order valence-corrected chi connectivity index (χ2v) is 8.91. The fraction of sp³-hybridized carbons (Fsp3) is 0.286. The van der Waals surface area contributed by atoms with Crippen molar-refractivity contribution in [3.05, 3.63) is 64.6 Å². The highest BCUT2D eigenvalue weighted by Crippen LogP contribution is 2.14. The number of benzene rings is 2. The zero-order chi connectivity index (χ0) is 21.9. The SMILES string of the molecule is CCCn1c(=O)n(CC(=O)OCC(=O)c2ccc(S(C)(=O)=O)cc2)c2ccccc21. The number of carbonyl (C=O) groups is 2. The maximum Gasteiger partial charge on any atom is 0.329 e. The van der Waals surface area contributed by atoms with Gasteiger partial charge in [0.05, 0.1) is 15.9 Å². The van der Waals surface area contributed by atoms with Crippen LogP contribution in [0.15, 0.2) is 58.2 Å². The number of ether oxygens (including phenoxy) is 1. The van der Waals surface area contributed by atoms with Gasteiger partial charge in [-0.2, -0.15) is 0 Å². The molecule has 0 spiro atoms. The minimum atomic E-state index is -3.36. The molecule has 0 radical (unpaired) electrons. The first kappa shape index (κ1) is 21.5. The molecule has 1 heterocycles. The van der Waals surface area contributed by atoms with Gasteiger partial charge in [0.2, 0.25) is 0 Å². The van der Waals surface area contributed by atoms with Gasteiger partial charge in [-0.25, -0.2) is 13.2 Å². The van der Waals surface area contributed by atoms with Crippen LogP contribution in [-0.4, -0.2) is 42.2 Å². The van der Waals surface area contributed by atoms with E-state index in [1.807, 2.05) is 19.1 Å². The number of nitrogens with zero attached hydrogens (tertiary/aromatic N) is 2. The lowest BCUT2D eigenvalue weighted by molar-refractivity contribution is -0.143. The monoisotopic (exact) mass is 430 g/mol. The van der Waals surface area contributed by atoms with Gasteiger partial charge in [0.1, 0.15) is 6.54 Å². The fourth-order valence-electron chi connectivity index (χ4n) is 3.16. The van der Waals surface area contributed by atoms with Crippen molar-refractivity contribution in [3.63, 3.8) is 0 Å². The zero-order valence-corrected chi connectivity index (χ0v) is 17.5. The summed E-state index contributed by atoms with van der Waals surface area (Å²) < 4.78 is 31.0. The zero-order valence-electron chi connectivity index (χ0n) is 16.7. The number of hydrogen-bond donors (Lipinski definition) is 0. The van der Waals surface area contributed by atoms with Crippen molar-refractivity contribution in [2.24, 2.45) is 0 Å². The summed E-state index contributed by atoms with van der Waals surface area (Å²) in [6.07, 6.45) is 1.84. The van der Waals surface area contributed by atoms with E-state index in [0.717, 1.165) is 18.2 Å². The van der Waals surface area contributed by atoms with E-state index < -0.39 is 28.2 Å². The Bertz CT molecular complexity index is 1250. The second-order valence-electron chi connectivity index (χ2n) is 6.89. The van der Waals surface area contributed by atoms with Gasteiger partial charge >= 0.3 is 11.7 Å². The minimum absolute atomic E-state index is 0.0962. The van der Waals surface area contributed by atoms with Crippen molar-refractivity contribution in [1.29, 1.82) is 0 Å². The Morgan fingerprint density at radius 2 is 1.57 bits per heavy atom. The van der Waals surface area contributed by atoms with Crippen molar-refractivity contribution >= 4 is 32.6 Å². The van der Waals surface area contributed by atoms with Gasteiger partial charge in [-0.3, -0.25) is 18.7 Å². The van der Waals surface area contributed by atoms with Gasteiger partial charge < -0.3 is 4.74 Å². The number of rotatable bonds is 8. The number of hydrogen-bond acceptors (Lipinski definition) is 6. The lowest BCUT2D eigenvalue weighted by atomic mass is 10.1. The number of fused-ring (bicyclic) bond motifs is 1. The predicted octanol–water partition coefficient (Wildman–Crippen LogP) is 2.04. The first-order valence-corrected chi connectivity index (χ1v) is 11.3. The number of para-hydroxylation sites is 2. The molecule has 0 amide bonds. The average Bonchev–Trinajstić information content (AvgIpc) is 2.98. The molecular formula is C21H22N2O6S. The van der Waals surface area contributed by atoms with Crippen molar-refractivity contribution in [2.45, 2.75) is 31.3 Å². The summed E-state index contributed by atoms with van der Waals surface area (Å²) in [5.74, 6) is -1.18. The van der Waals surface area contributed by atoms with Crippen LogP contribution in [0.1, 0.15) is 23.7 Å². The van der Waals surface area contributed by atoms with Crippen molar-refractivity contribution < 1.29 is 22.7 Å². The molecule has 0 saturated carbocycles. The molecule has 0 N–H and O–H groups in total. The molecule has 0 unspecified atom stereocenters. The van der Waals surface area contributed by atoms with E-state index in [2.05, 4.69) is 0 Å². The van der Waals surface area contributed by atoms with Crippen molar-refractivity contribution in [1.82, 2.24) is 9.13 Å². The standard InChI is InChI=1S/C21H22N2O6S/c1-3-12-22-17-6-4-5-7-18(17)23(21(22)26)13-20(25)29-14-19(24)15-8-10-16(11-9-15)30(2,27)28/h4-11H,3,12-14H2,1-2H3. The Labute approximate surface area is 173 Å². The number of aromatic nitrogens is 2. The summed E-state index contributed by atoms with van der Waals surface area (Å²) in [4.78, 5) is 37.3. The van der Waals surface area contributed by atoms with Crippen LogP contribution in [0.4, 0.5) is 0 Å². The Morgan fingerprint density at radius 1 is 0.967 bits per heavy atom. The quantitative estimate of drug-likeness (QED) is 0.400. The lowest BCUT2D eigenvalue weighted by Gasteiger charge is -2.06. The highest BCUT2D eigenvalue weighted by atomic mass is 32.2. The molecule has 0 atom stereocenters. The third kappa shape index (κ3) is 4.51. The van der Waals surface area contributed by atoms with Crippen LogP contribution < -0.4 is 5.69 Å². The predicted molar refractivity (Wildman–Crippen MR) is 111 cm³/mol. The van der Waals surface area contributed by atoms with Crippen LogP contribution in [0.25, 0.3) is 11.0 Å². The molecule has 0 aliphatic carbocycles. The van der Waals surface area contributed by atoms with Gasteiger partial charge in [0, 0.05) is 18.4 Å². The van der Waals surface area contributed by atoms with Crippen LogP contribution in [0, 0.1) is 0 Å². The van der Waals surface area contributed by atoms with Gasteiger partial charge in [-0.15, -0.1) is 0 Å². The van der Waals surface area contributed by atoms with Gasteiger partial charge in [-0.1, -0.05) is 19.1 Å². The molecule has 0 aliphatic rings. The molecule has 9 heteroatoms. The van der Waals surface area contributed by atoms with E-state index in [4.69, 9.17) is 4.74 Å². The summed E-state index contributed by atoms with van der Waals surface area (Å²) in [6, 6.07) is 12.6. The molecule has 3 aromatic rings. The number of carbonyl (C=O) groups excluding carboxylic acids is 2. The number of aryl methyl sites for hydroxylation is 1. The first-order valence-electron chi connectivity index (χ1n) is 9.39. The molecule has 0 bridgehead atoms.